The third-order valence-corrected chi connectivity index (χ3v) is 5.36. The first-order chi connectivity index (χ1) is 12.5. The number of hydrogen-bond donors (Lipinski definition) is 1. The number of esters is 1. The minimum absolute atomic E-state index is 0.0506. The molecule has 0 aliphatic heterocycles. The number of amides is 1. The Morgan fingerprint density at radius 1 is 1.31 bits per heavy atom. The topological polar surface area (TPSA) is 98.5 Å². The van der Waals surface area contributed by atoms with E-state index >= 15 is 0 Å². The minimum atomic E-state index is -0.514. The number of fused-ring (bicyclic) bond motifs is 1. The van der Waals surface area contributed by atoms with Gasteiger partial charge in [0.1, 0.15) is 11.6 Å². The maximum atomic E-state index is 12.7. The second kappa shape index (κ2) is 7.65. The Morgan fingerprint density at radius 2 is 2.08 bits per heavy atom. The molecule has 0 saturated carbocycles. The largest absolute Gasteiger partial charge is 0.457 e. The normalized spacial score (nSPS) is 13.0. The molecule has 1 aromatic carbocycles. The van der Waals surface area contributed by atoms with Gasteiger partial charge < -0.3 is 10.1 Å². The number of aryl methyl sites for hydroxylation is 1. The second-order valence-corrected chi connectivity index (χ2v) is 7.20. The second-order valence-electron chi connectivity index (χ2n) is 6.10. The molecular formula is C18H18N2O5S. The molecule has 26 heavy (non-hydrogen) atoms. The summed E-state index contributed by atoms with van der Waals surface area (Å²) >= 11 is 1.42. The summed E-state index contributed by atoms with van der Waals surface area (Å²) in [6, 6.07) is 5.98. The van der Waals surface area contributed by atoms with Crippen LogP contribution in [0.3, 0.4) is 0 Å². The van der Waals surface area contributed by atoms with Crippen molar-refractivity contribution >= 4 is 33.9 Å². The molecule has 0 saturated heterocycles. The highest BCUT2D eigenvalue weighted by Gasteiger charge is 2.27. The summed E-state index contributed by atoms with van der Waals surface area (Å²) < 4.78 is 5.39. The molecule has 1 heterocycles. The van der Waals surface area contributed by atoms with Crippen LogP contribution in [0.5, 0.6) is 0 Å². The molecular weight excluding hydrogens is 356 g/mol. The average Bonchev–Trinajstić information content (AvgIpc) is 2.97. The van der Waals surface area contributed by atoms with E-state index in [4.69, 9.17) is 4.74 Å². The van der Waals surface area contributed by atoms with E-state index in [2.05, 4.69) is 5.32 Å². The molecule has 1 N–H and O–H groups in total. The number of non-ortho nitro benzene ring substituents is 1. The van der Waals surface area contributed by atoms with E-state index in [1.165, 1.54) is 30.4 Å². The number of nitrogens with zero attached hydrogens (tertiary/aromatic N) is 1. The Bertz CT molecular complexity index is 874. The van der Waals surface area contributed by atoms with Gasteiger partial charge in [-0.2, -0.15) is 0 Å². The first kappa shape index (κ1) is 18.1. The Labute approximate surface area is 154 Å². The maximum Gasteiger partial charge on any atom is 0.341 e. The SMILES string of the molecule is CC(=O)Nc1sc2c(c1C(=O)OCc1cccc([N+](=O)[O-])c1)CCCC2. The molecule has 0 radical (unpaired) electrons. The van der Waals surface area contributed by atoms with Crippen molar-refractivity contribution in [1.29, 1.82) is 0 Å². The molecule has 1 amide bonds. The fourth-order valence-corrected chi connectivity index (χ4v) is 4.33. The van der Waals surface area contributed by atoms with Gasteiger partial charge >= 0.3 is 5.97 Å². The van der Waals surface area contributed by atoms with Crippen molar-refractivity contribution in [3.05, 3.63) is 55.9 Å². The number of benzene rings is 1. The van der Waals surface area contributed by atoms with Gasteiger partial charge in [0, 0.05) is 23.9 Å². The molecule has 8 heteroatoms. The molecule has 0 fully saturated rings. The van der Waals surface area contributed by atoms with E-state index in [9.17, 15) is 19.7 Å². The zero-order valence-corrected chi connectivity index (χ0v) is 15.1. The van der Waals surface area contributed by atoms with E-state index in [0.717, 1.165) is 36.1 Å². The van der Waals surface area contributed by atoms with Crippen molar-refractivity contribution in [3.63, 3.8) is 0 Å². The quantitative estimate of drug-likeness (QED) is 0.487. The van der Waals surface area contributed by atoms with Crippen molar-refractivity contribution in [2.75, 3.05) is 5.32 Å². The zero-order chi connectivity index (χ0) is 18.7. The lowest BCUT2D eigenvalue weighted by atomic mass is 9.95. The number of anilines is 1. The summed E-state index contributed by atoms with van der Waals surface area (Å²) in [5.74, 6) is -0.754. The Morgan fingerprint density at radius 3 is 2.81 bits per heavy atom. The summed E-state index contributed by atoms with van der Waals surface area (Å²) in [5.41, 5.74) is 1.86. The van der Waals surface area contributed by atoms with Crippen LogP contribution in [0.1, 0.15) is 46.1 Å². The van der Waals surface area contributed by atoms with Crippen LogP contribution in [0.25, 0.3) is 0 Å². The van der Waals surface area contributed by atoms with Gasteiger partial charge in [-0.15, -0.1) is 11.3 Å². The van der Waals surface area contributed by atoms with Crippen LogP contribution in [-0.2, 0) is 29.0 Å². The Hall–Kier alpha value is -2.74. The van der Waals surface area contributed by atoms with Crippen LogP contribution >= 0.6 is 11.3 Å². The maximum absolute atomic E-state index is 12.7. The molecule has 1 aromatic heterocycles. The molecule has 2 aromatic rings. The van der Waals surface area contributed by atoms with Gasteiger partial charge in [-0.05, 0) is 36.8 Å². The summed E-state index contributed by atoms with van der Waals surface area (Å²) in [7, 11) is 0. The monoisotopic (exact) mass is 374 g/mol. The average molecular weight is 374 g/mol. The van der Waals surface area contributed by atoms with Crippen molar-refractivity contribution in [2.24, 2.45) is 0 Å². The molecule has 0 spiro atoms. The number of nitro benzene ring substituents is 1. The van der Waals surface area contributed by atoms with Crippen LogP contribution < -0.4 is 5.32 Å². The molecule has 7 nitrogen and oxygen atoms in total. The van der Waals surface area contributed by atoms with Gasteiger partial charge in [0.25, 0.3) is 5.69 Å². The lowest BCUT2D eigenvalue weighted by Gasteiger charge is -2.12. The fraction of sp³-hybridized carbons (Fsp3) is 0.333. The molecule has 136 valence electrons. The van der Waals surface area contributed by atoms with Crippen molar-refractivity contribution in [2.45, 2.75) is 39.2 Å². The first-order valence-corrected chi connectivity index (χ1v) is 9.10. The van der Waals surface area contributed by atoms with Gasteiger partial charge in [-0.1, -0.05) is 12.1 Å². The Kier molecular flexibility index (Phi) is 5.32. The van der Waals surface area contributed by atoms with Crippen LogP contribution in [0.4, 0.5) is 10.7 Å². The minimum Gasteiger partial charge on any atom is -0.457 e. The zero-order valence-electron chi connectivity index (χ0n) is 14.2. The highest BCUT2D eigenvalue weighted by atomic mass is 32.1. The summed E-state index contributed by atoms with van der Waals surface area (Å²) in [4.78, 5) is 35.6. The number of ether oxygens (including phenoxy) is 1. The number of hydrogen-bond acceptors (Lipinski definition) is 6. The molecule has 0 unspecified atom stereocenters. The fourth-order valence-electron chi connectivity index (χ4n) is 3.01. The van der Waals surface area contributed by atoms with Gasteiger partial charge in [0.15, 0.2) is 0 Å². The van der Waals surface area contributed by atoms with Gasteiger partial charge in [0.2, 0.25) is 5.91 Å². The number of carbonyl (C=O) groups excluding carboxylic acids is 2. The molecule has 3 rings (SSSR count). The lowest BCUT2D eigenvalue weighted by Crippen LogP contribution is -2.13. The summed E-state index contributed by atoms with van der Waals surface area (Å²) in [5, 5.41) is 14.1. The van der Waals surface area contributed by atoms with Crippen LogP contribution in [0, 0.1) is 10.1 Å². The third kappa shape index (κ3) is 3.91. The molecule has 0 bridgehead atoms. The van der Waals surface area contributed by atoms with Crippen LogP contribution in [0.2, 0.25) is 0 Å². The predicted octanol–water partition coefficient (Wildman–Crippen LogP) is 3.85. The highest BCUT2D eigenvalue weighted by Crippen LogP contribution is 2.38. The summed E-state index contributed by atoms with van der Waals surface area (Å²) in [6.45, 7) is 1.33. The van der Waals surface area contributed by atoms with Gasteiger partial charge in [-0.3, -0.25) is 14.9 Å². The smallest absolute Gasteiger partial charge is 0.341 e. The van der Waals surface area contributed by atoms with Gasteiger partial charge in [0.05, 0.1) is 10.5 Å². The van der Waals surface area contributed by atoms with E-state index in [1.807, 2.05) is 0 Å². The summed E-state index contributed by atoms with van der Waals surface area (Å²) in [6.07, 6.45) is 3.74. The van der Waals surface area contributed by atoms with Crippen LogP contribution in [-0.4, -0.2) is 16.8 Å². The number of nitro groups is 1. The van der Waals surface area contributed by atoms with E-state index in [-0.39, 0.29) is 18.2 Å². The van der Waals surface area contributed by atoms with Crippen molar-refractivity contribution < 1.29 is 19.2 Å². The highest BCUT2D eigenvalue weighted by molar-refractivity contribution is 7.17. The molecule has 1 aliphatic carbocycles. The predicted molar refractivity (Wildman–Crippen MR) is 97.5 cm³/mol. The van der Waals surface area contributed by atoms with E-state index in [0.29, 0.717) is 16.1 Å². The Balaban J connectivity index is 1.81. The van der Waals surface area contributed by atoms with Crippen molar-refractivity contribution in [1.82, 2.24) is 0 Å². The van der Waals surface area contributed by atoms with Crippen molar-refractivity contribution in [3.8, 4) is 0 Å². The molecule has 1 aliphatic rings. The van der Waals surface area contributed by atoms with Crippen LogP contribution in [0.15, 0.2) is 24.3 Å². The number of rotatable bonds is 5. The third-order valence-electron chi connectivity index (χ3n) is 4.16. The van der Waals surface area contributed by atoms with E-state index in [1.54, 1.807) is 12.1 Å². The first-order valence-electron chi connectivity index (χ1n) is 8.28. The van der Waals surface area contributed by atoms with Gasteiger partial charge in [-0.25, -0.2) is 4.79 Å². The number of nitrogens with one attached hydrogen (secondary N) is 1. The number of thiophene rings is 1. The standard InChI is InChI=1S/C18H18N2O5S/c1-11(21)19-17-16(14-7-2-3-8-15(14)26-17)18(22)25-10-12-5-4-6-13(9-12)20(23)24/h4-6,9H,2-3,7-8,10H2,1H3,(H,19,21). The molecule has 0 atom stereocenters. The van der Waals surface area contributed by atoms with E-state index < -0.39 is 10.9 Å². The number of carbonyl (C=O) groups is 2. The lowest BCUT2D eigenvalue weighted by molar-refractivity contribution is -0.384.